The molecule has 1 aromatic carbocycles. The number of methoxy groups -OCH3 is 1. The molecule has 18 heavy (non-hydrogen) atoms. The van der Waals surface area contributed by atoms with Gasteiger partial charge in [0.2, 0.25) is 11.8 Å². The molecule has 1 aromatic heterocycles. The van der Waals surface area contributed by atoms with Crippen LogP contribution in [-0.2, 0) is 0 Å². The normalized spacial score (nSPS) is 9.56. The lowest BCUT2D eigenvalue weighted by molar-refractivity contribution is 0.374. The van der Waals surface area contributed by atoms with Gasteiger partial charge in [-0.2, -0.15) is 10.2 Å². The molecule has 90 valence electrons. The highest BCUT2D eigenvalue weighted by Crippen LogP contribution is 2.31. The number of benzene rings is 1. The number of anilines is 1. The van der Waals surface area contributed by atoms with Crippen LogP contribution in [0.25, 0.3) is 0 Å². The maximum absolute atomic E-state index is 8.79. The Bertz CT molecular complexity index is 607. The Labute approximate surface area is 104 Å². The molecule has 6 heteroatoms. The summed E-state index contributed by atoms with van der Waals surface area (Å²) in [7, 11) is 1.50. The van der Waals surface area contributed by atoms with Gasteiger partial charge in [-0.05, 0) is 12.1 Å². The van der Waals surface area contributed by atoms with Crippen LogP contribution in [0.2, 0.25) is 0 Å². The van der Waals surface area contributed by atoms with Crippen LogP contribution < -0.4 is 15.2 Å². The highest BCUT2D eigenvalue weighted by atomic mass is 16.5. The molecule has 0 fully saturated rings. The molecule has 6 nitrogen and oxygen atoms in total. The molecule has 0 atom stereocenters. The molecular formula is C12H10N4O2. The van der Waals surface area contributed by atoms with Crippen LogP contribution in [0.3, 0.4) is 0 Å². The van der Waals surface area contributed by atoms with Gasteiger partial charge >= 0.3 is 0 Å². The highest BCUT2D eigenvalue weighted by molar-refractivity contribution is 5.48. The quantitative estimate of drug-likeness (QED) is 0.880. The average molecular weight is 242 g/mol. The minimum absolute atomic E-state index is 0.125. The fourth-order valence-corrected chi connectivity index (χ4v) is 1.35. The molecule has 0 aliphatic carbocycles. The van der Waals surface area contributed by atoms with Gasteiger partial charge in [-0.15, -0.1) is 0 Å². The Morgan fingerprint density at radius 1 is 1.28 bits per heavy atom. The van der Waals surface area contributed by atoms with Crippen LogP contribution in [0, 0.1) is 11.3 Å². The Hall–Kier alpha value is -2.81. The summed E-state index contributed by atoms with van der Waals surface area (Å²) < 4.78 is 10.7. The predicted molar refractivity (Wildman–Crippen MR) is 64.2 cm³/mol. The van der Waals surface area contributed by atoms with E-state index in [1.165, 1.54) is 13.3 Å². The molecule has 0 bridgehead atoms. The zero-order chi connectivity index (χ0) is 13.0. The molecule has 0 aliphatic heterocycles. The molecule has 1 heterocycles. The van der Waals surface area contributed by atoms with E-state index in [4.69, 9.17) is 20.5 Å². The summed E-state index contributed by atoms with van der Waals surface area (Å²) >= 11 is 0. The van der Waals surface area contributed by atoms with E-state index in [0.29, 0.717) is 22.9 Å². The van der Waals surface area contributed by atoms with Gasteiger partial charge in [-0.25, -0.2) is 4.98 Å². The van der Waals surface area contributed by atoms with E-state index in [2.05, 4.69) is 9.97 Å². The Morgan fingerprint density at radius 3 is 2.78 bits per heavy atom. The highest BCUT2D eigenvalue weighted by Gasteiger charge is 2.08. The Morgan fingerprint density at radius 2 is 2.11 bits per heavy atom. The van der Waals surface area contributed by atoms with Crippen LogP contribution in [0.1, 0.15) is 5.56 Å². The van der Waals surface area contributed by atoms with Crippen molar-refractivity contribution >= 4 is 5.95 Å². The van der Waals surface area contributed by atoms with Crippen molar-refractivity contribution in [1.29, 1.82) is 5.26 Å². The Balaban J connectivity index is 2.32. The topological polar surface area (TPSA) is 94.0 Å². The van der Waals surface area contributed by atoms with E-state index < -0.39 is 0 Å². The van der Waals surface area contributed by atoms with Crippen molar-refractivity contribution in [3.05, 3.63) is 36.0 Å². The first-order valence-electron chi connectivity index (χ1n) is 5.07. The molecule has 0 aliphatic rings. The molecule has 2 aromatic rings. The first-order chi connectivity index (χ1) is 8.72. The number of hydrogen-bond donors (Lipinski definition) is 1. The van der Waals surface area contributed by atoms with Crippen LogP contribution in [-0.4, -0.2) is 17.1 Å². The number of ether oxygens (including phenoxy) is 2. The second-order valence-corrected chi connectivity index (χ2v) is 3.33. The van der Waals surface area contributed by atoms with Crippen LogP contribution in [0.4, 0.5) is 5.95 Å². The summed E-state index contributed by atoms with van der Waals surface area (Å²) in [6.45, 7) is 0. The van der Waals surface area contributed by atoms with Gasteiger partial charge in [0.05, 0.1) is 18.7 Å². The van der Waals surface area contributed by atoms with Crippen LogP contribution >= 0.6 is 0 Å². The fraction of sp³-hybridized carbons (Fsp3) is 0.0833. The molecule has 0 amide bonds. The molecule has 0 spiro atoms. The smallest absolute Gasteiger partial charge is 0.224 e. The van der Waals surface area contributed by atoms with Gasteiger partial charge in [0.1, 0.15) is 0 Å². The van der Waals surface area contributed by atoms with E-state index >= 15 is 0 Å². The zero-order valence-corrected chi connectivity index (χ0v) is 9.62. The number of aromatic nitrogens is 2. The maximum Gasteiger partial charge on any atom is 0.224 e. The second-order valence-electron chi connectivity index (χ2n) is 3.33. The third kappa shape index (κ3) is 2.47. The number of nitrogens with zero attached hydrogens (tertiary/aromatic N) is 3. The van der Waals surface area contributed by atoms with E-state index in [9.17, 15) is 0 Å². The average Bonchev–Trinajstić information content (AvgIpc) is 2.39. The largest absolute Gasteiger partial charge is 0.493 e. The van der Waals surface area contributed by atoms with Crippen molar-refractivity contribution < 1.29 is 9.47 Å². The van der Waals surface area contributed by atoms with E-state index in [-0.39, 0.29) is 5.95 Å². The van der Waals surface area contributed by atoms with Gasteiger partial charge in [-0.1, -0.05) is 0 Å². The van der Waals surface area contributed by atoms with Crippen molar-refractivity contribution in [2.45, 2.75) is 0 Å². The maximum atomic E-state index is 8.79. The summed E-state index contributed by atoms with van der Waals surface area (Å²) in [5, 5.41) is 8.79. The number of nitrogens with two attached hydrogens (primary N) is 1. The van der Waals surface area contributed by atoms with Crippen molar-refractivity contribution in [2.24, 2.45) is 0 Å². The predicted octanol–water partition coefficient (Wildman–Crippen LogP) is 1.73. The van der Waals surface area contributed by atoms with Crippen LogP contribution in [0.5, 0.6) is 17.4 Å². The lowest BCUT2D eigenvalue weighted by Crippen LogP contribution is -1.97. The van der Waals surface area contributed by atoms with Gasteiger partial charge in [-0.3, -0.25) is 0 Å². The monoisotopic (exact) mass is 242 g/mol. The number of nitrogen functional groups attached to an aromatic ring is 1. The third-order valence-electron chi connectivity index (χ3n) is 2.16. The summed E-state index contributed by atoms with van der Waals surface area (Å²) in [6, 6.07) is 8.44. The first kappa shape index (κ1) is 11.7. The van der Waals surface area contributed by atoms with E-state index in [1.54, 1.807) is 24.3 Å². The fourth-order valence-electron chi connectivity index (χ4n) is 1.35. The minimum atomic E-state index is 0.125. The molecule has 2 N–H and O–H groups in total. The molecule has 0 saturated heterocycles. The number of rotatable bonds is 3. The minimum Gasteiger partial charge on any atom is -0.493 e. The summed E-state index contributed by atoms with van der Waals surface area (Å²) in [4.78, 5) is 7.67. The first-order valence-corrected chi connectivity index (χ1v) is 5.07. The summed E-state index contributed by atoms with van der Waals surface area (Å²) in [5.74, 6) is 1.34. The molecular weight excluding hydrogens is 232 g/mol. The van der Waals surface area contributed by atoms with Crippen LogP contribution in [0.15, 0.2) is 30.5 Å². The number of nitriles is 1. The second kappa shape index (κ2) is 5.01. The van der Waals surface area contributed by atoms with Gasteiger partial charge in [0, 0.05) is 18.3 Å². The molecule has 0 saturated carbocycles. The standard InChI is InChI=1S/C12H10N4O2/c1-17-10-6-8(7-13)2-3-9(10)18-11-4-5-15-12(14)16-11/h2-6H,1H3,(H2,14,15,16). The van der Waals surface area contributed by atoms with E-state index in [0.717, 1.165) is 0 Å². The molecule has 0 radical (unpaired) electrons. The van der Waals surface area contributed by atoms with Gasteiger partial charge in [0.15, 0.2) is 11.5 Å². The Kier molecular flexibility index (Phi) is 3.25. The van der Waals surface area contributed by atoms with Gasteiger partial charge in [0.25, 0.3) is 0 Å². The molecule has 0 unspecified atom stereocenters. The van der Waals surface area contributed by atoms with E-state index in [1.807, 2.05) is 6.07 Å². The SMILES string of the molecule is COc1cc(C#N)ccc1Oc1ccnc(N)n1. The van der Waals surface area contributed by atoms with Crippen molar-refractivity contribution in [3.8, 4) is 23.4 Å². The molecule has 2 rings (SSSR count). The van der Waals surface area contributed by atoms with Crippen molar-refractivity contribution in [1.82, 2.24) is 9.97 Å². The van der Waals surface area contributed by atoms with Crippen molar-refractivity contribution in [2.75, 3.05) is 12.8 Å². The summed E-state index contributed by atoms with van der Waals surface area (Å²) in [5.41, 5.74) is 5.94. The third-order valence-corrected chi connectivity index (χ3v) is 2.16. The lowest BCUT2D eigenvalue weighted by Gasteiger charge is -2.09. The lowest BCUT2D eigenvalue weighted by atomic mass is 10.2. The van der Waals surface area contributed by atoms with Crippen molar-refractivity contribution in [3.63, 3.8) is 0 Å². The summed E-state index contributed by atoms with van der Waals surface area (Å²) in [6.07, 6.45) is 1.49. The van der Waals surface area contributed by atoms with Gasteiger partial charge < -0.3 is 15.2 Å². The zero-order valence-electron chi connectivity index (χ0n) is 9.62. The number of hydrogen-bond acceptors (Lipinski definition) is 6.